The zero-order valence-electron chi connectivity index (χ0n) is 10.00. The SMILES string of the molecule is NC(=O)c1ccccc1C(=O)NOc1ccccc1. The zero-order valence-corrected chi connectivity index (χ0v) is 10.00. The van der Waals surface area contributed by atoms with Gasteiger partial charge in [-0.3, -0.25) is 9.59 Å². The first-order chi connectivity index (χ1) is 9.18. The van der Waals surface area contributed by atoms with Crippen molar-refractivity contribution in [2.24, 2.45) is 5.73 Å². The number of nitrogens with two attached hydrogens (primary N) is 1. The summed E-state index contributed by atoms with van der Waals surface area (Å²) in [7, 11) is 0. The molecule has 0 saturated carbocycles. The van der Waals surface area contributed by atoms with Gasteiger partial charge in [-0.2, -0.15) is 5.48 Å². The summed E-state index contributed by atoms with van der Waals surface area (Å²) >= 11 is 0. The number of hydrogen-bond donors (Lipinski definition) is 2. The van der Waals surface area contributed by atoms with Gasteiger partial charge in [0.1, 0.15) is 0 Å². The molecule has 0 aromatic heterocycles. The van der Waals surface area contributed by atoms with Gasteiger partial charge in [-0.25, -0.2) is 0 Å². The number of carbonyl (C=O) groups is 2. The van der Waals surface area contributed by atoms with E-state index in [9.17, 15) is 9.59 Å². The van der Waals surface area contributed by atoms with Crippen molar-refractivity contribution in [2.45, 2.75) is 0 Å². The van der Waals surface area contributed by atoms with E-state index in [-0.39, 0.29) is 11.1 Å². The smallest absolute Gasteiger partial charge is 0.284 e. The first-order valence-electron chi connectivity index (χ1n) is 5.59. The van der Waals surface area contributed by atoms with E-state index < -0.39 is 11.8 Å². The molecule has 0 unspecified atom stereocenters. The van der Waals surface area contributed by atoms with Crippen LogP contribution in [0.2, 0.25) is 0 Å². The molecule has 0 bridgehead atoms. The molecule has 0 radical (unpaired) electrons. The van der Waals surface area contributed by atoms with Crippen molar-refractivity contribution in [3.63, 3.8) is 0 Å². The minimum absolute atomic E-state index is 0.150. The number of rotatable bonds is 4. The van der Waals surface area contributed by atoms with Gasteiger partial charge in [0, 0.05) is 0 Å². The van der Waals surface area contributed by atoms with E-state index in [1.54, 1.807) is 36.4 Å². The van der Waals surface area contributed by atoms with Crippen LogP contribution in [-0.2, 0) is 0 Å². The number of para-hydroxylation sites is 1. The Bertz CT molecular complexity index is 597. The monoisotopic (exact) mass is 256 g/mol. The molecule has 0 saturated heterocycles. The van der Waals surface area contributed by atoms with E-state index in [1.165, 1.54) is 12.1 Å². The lowest BCUT2D eigenvalue weighted by Crippen LogP contribution is -2.29. The molecular weight excluding hydrogens is 244 g/mol. The maximum atomic E-state index is 11.9. The normalized spacial score (nSPS) is 9.68. The second kappa shape index (κ2) is 5.68. The number of hydrogen-bond acceptors (Lipinski definition) is 3. The van der Waals surface area contributed by atoms with Crippen LogP contribution in [0.25, 0.3) is 0 Å². The van der Waals surface area contributed by atoms with Crippen LogP contribution >= 0.6 is 0 Å². The van der Waals surface area contributed by atoms with Crippen molar-refractivity contribution in [1.29, 1.82) is 0 Å². The average molecular weight is 256 g/mol. The fourth-order valence-electron chi connectivity index (χ4n) is 1.54. The van der Waals surface area contributed by atoms with Crippen LogP contribution in [0.3, 0.4) is 0 Å². The van der Waals surface area contributed by atoms with Crippen LogP contribution in [-0.4, -0.2) is 11.8 Å². The maximum absolute atomic E-state index is 11.9. The second-order valence-electron chi connectivity index (χ2n) is 3.76. The van der Waals surface area contributed by atoms with Crippen molar-refractivity contribution in [1.82, 2.24) is 5.48 Å². The fourth-order valence-corrected chi connectivity index (χ4v) is 1.54. The molecule has 2 amide bonds. The molecule has 2 aromatic rings. The van der Waals surface area contributed by atoms with Gasteiger partial charge >= 0.3 is 0 Å². The molecule has 0 aliphatic heterocycles. The van der Waals surface area contributed by atoms with Crippen LogP contribution in [0.15, 0.2) is 54.6 Å². The van der Waals surface area contributed by atoms with Gasteiger partial charge in [-0.05, 0) is 24.3 Å². The second-order valence-corrected chi connectivity index (χ2v) is 3.76. The van der Waals surface area contributed by atoms with Crippen LogP contribution in [0.5, 0.6) is 5.75 Å². The Morgan fingerprint density at radius 2 is 1.47 bits per heavy atom. The van der Waals surface area contributed by atoms with Crippen molar-refractivity contribution in [3.8, 4) is 5.75 Å². The molecule has 0 spiro atoms. The Kier molecular flexibility index (Phi) is 3.78. The molecule has 19 heavy (non-hydrogen) atoms. The summed E-state index contributed by atoms with van der Waals surface area (Å²) in [5.41, 5.74) is 7.79. The van der Waals surface area contributed by atoms with Gasteiger partial charge in [0.05, 0.1) is 11.1 Å². The molecule has 5 nitrogen and oxygen atoms in total. The van der Waals surface area contributed by atoms with Crippen LogP contribution in [0, 0.1) is 0 Å². The van der Waals surface area contributed by atoms with E-state index in [2.05, 4.69) is 5.48 Å². The number of amides is 2. The van der Waals surface area contributed by atoms with Crippen LogP contribution in [0.4, 0.5) is 0 Å². The van der Waals surface area contributed by atoms with Crippen LogP contribution < -0.4 is 16.1 Å². The molecular formula is C14H12N2O3. The summed E-state index contributed by atoms with van der Waals surface area (Å²) in [5.74, 6) is -0.698. The van der Waals surface area contributed by atoms with Gasteiger partial charge in [-0.15, -0.1) is 0 Å². The van der Waals surface area contributed by atoms with Crippen molar-refractivity contribution in [3.05, 3.63) is 65.7 Å². The Balaban J connectivity index is 2.10. The number of hydroxylamine groups is 1. The van der Waals surface area contributed by atoms with E-state index in [1.807, 2.05) is 6.07 Å². The highest BCUT2D eigenvalue weighted by molar-refractivity contribution is 6.06. The highest BCUT2D eigenvalue weighted by atomic mass is 16.7. The standard InChI is InChI=1S/C14H12N2O3/c15-13(17)11-8-4-5-9-12(11)14(18)16-19-10-6-2-1-3-7-10/h1-9H,(H2,15,17)(H,16,18). The summed E-state index contributed by atoms with van der Waals surface area (Å²) in [5, 5.41) is 0. The summed E-state index contributed by atoms with van der Waals surface area (Å²) in [6.07, 6.45) is 0. The third kappa shape index (κ3) is 3.10. The first kappa shape index (κ1) is 12.6. The van der Waals surface area contributed by atoms with Crippen molar-refractivity contribution < 1.29 is 14.4 Å². The molecule has 2 rings (SSSR count). The van der Waals surface area contributed by atoms with Crippen LogP contribution in [0.1, 0.15) is 20.7 Å². The molecule has 0 aliphatic rings. The number of nitrogens with one attached hydrogen (secondary N) is 1. The minimum Gasteiger partial charge on any atom is -0.379 e. The van der Waals surface area contributed by atoms with Crippen molar-refractivity contribution in [2.75, 3.05) is 0 Å². The summed E-state index contributed by atoms with van der Waals surface area (Å²) < 4.78 is 0. The highest BCUT2D eigenvalue weighted by Crippen LogP contribution is 2.10. The van der Waals surface area contributed by atoms with Crippen molar-refractivity contribution >= 4 is 11.8 Å². The molecule has 5 heteroatoms. The Labute approximate surface area is 109 Å². The van der Waals surface area contributed by atoms with Gasteiger partial charge in [-0.1, -0.05) is 30.3 Å². The minimum atomic E-state index is -0.662. The Morgan fingerprint density at radius 3 is 2.11 bits per heavy atom. The molecule has 0 fully saturated rings. The van der Waals surface area contributed by atoms with Gasteiger partial charge in [0.2, 0.25) is 5.91 Å². The lowest BCUT2D eigenvalue weighted by molar-refractivity contribution is 0.0755. The predicted molar refractivity (Wildman–Crippen MR) is 69.5 cm³/mol. The average Bonchev–Trinajstić information content (AvgIpc) is 2.46. The van der Waals surface area contributed by atoms with E-state index in [4.69, 9.17) is 10.6 Å². The molecule has 2 aromatic carbocycles. The molecule has 96 valence electrons. The van der Waals surface area contributed by atoms with Gasteiger partial charge in [0.15, 0.2) is 5.75 Å². The first-order valence-corrected chi connectivity index (χ1v) is 5.59. The maximum Gasteiger partial charge on any atom is 0.284 e. The quantitative estimate of drug-likeness (QED) is 0.813. The number of benzene rings is 2. The largest absolute Gasteiger partial charge is 0.379 e. The Morgan fingerprint density at radius 1 is 0.895 bits per heavy atom. The third-order valence-corrected chi connectivity index (χ3v) is 2.44. The van der Waals surface area contributed by atoms with Gasteiger partial charge < -0.3 is 10.6 Å². The fraction of sp³-hybridized carbons (Fsp3) is 0. The molecule has 0 heterocycles. The number of carbonyl (C=O) groups excluding carboxylic acids is 2. The predicted octanol–water partition coefficient (Wildman–Crippen LogP) is 1.51. The zero-order chi connectivity index (χ0) is 13.7. The number of primary amides is 1. The summed E-state index contributed by atoms with van der Waals surface area (Å²) in [4.78, 5) is 28.2. The topological polar surface area (TPSA) is 81.4 Å². The van der Waals surface area contributed by atoms with E-state index in [0.717, 1.165) is 0 Å². The lowest BCUT2D eigenvalue weighted by Gasteiger charge is -2.08. The van der Waals surface area contributed by atoms with Gasteiger partial charge in [0.25, 0.3) is 5.91 Å². The molecule has 0 aliphatic carbocycles. The summed E-state index contributed by atoms with van der Waals surface area (Å²) in [6, 6.07) is 15.0. The molecule has 3 N–H and O–H groups in total. The Hall–Kier alpha value is -2.82. The highest BCUT2D eigenvalue weighted by Gasteiger charge is 2.14. The third-order valence-electron chi connectivity index (χ3n) is 2.44. The molecule has 0 atom stereocenters. The van der Waals surface area contributed by atoms with E-state index >= 15 is 0 Å². The lowest BCUT2D eigenvalue weighted by atomic mass is 10.1. The summed E-state index contributed by atoms with van der Waals surface area (Å²) in [6.45, 7) is 0. The van der Waals surface area contributed by atoms with E-state index in [0.29, 0.717) is 5.75 Å².